The van der Waals surface area contributed by atoms with Gasteiger partial charge in [0.2, 0.25) is 0 Å². The second-order valence-corrected chi connectivity index (χ2v) is 4.43. The second kappa shape index (κ2) is 6.50. The molecule has 1 heterocycles. The summed E-state index contributed by atoms with van der Waals surface area (Å²) in [6.45, 7) is 1.25. The van der Waals surface area contributed by atoms with Crippen molar-refractivity contribution in [1.82, 2.24) is 4.98 Å². The van der Waals surface area contributed by atoms with Crippen LogP contribution in [0.2, 0.25) is 0 Å². The van der Waals surface area contributed by atoms with E-state index in [1.807, 2.05) is 0 Å². The van der Waals surface area contributed by atoms with Crippen molar-refractivity contribution < 1.29 is 36.2 Å². The van der Waals surface area contributed by atoms with Gasteiger partial charge in [-0.3, -0.25) is 0 Å². The van der Waals surface area contributed by atoms with Gasteiger partial charge in [0.1, 0.15) is 0 Å². The number of hydrogen-bond acceptors (Lipinski definition) is 4. The molecule has 20 heavy (non-hydrogen) atoms. The minimum atomic E-state index is -5.24. The average molecular weight is 411 g/mol. The smallest absolute Gasteiger partial charge is 0.461 e. The van der Waals surface area contributed by atoms with E-state index in [1.54, 1.807) is 0 Å². The molecule has 0 radical (unpaired) electrons. The number of pyridine rings is 1. The molecular weight excluding hydrogens is 404 g/mol. The lowest BCUT2D eigenvalue weighted by Crippen LogP contribution is -2.22. The monoisotopic (exact) mass is 411 g/mol. The fourth-order valence-corrected chi connectivity index (χ4v) is 1.87. The van der Waals surface area contributed by atoms with Gasteiger partial charge in [0.15, 0.2) is 11.4 Å². The van der Waals surface area contributed by atoms with Crippen LogP contribution >= 0.6 is 22.6 Å². The van der Waals surface area contributed by atoms with Gasteiger partial charge >= 0.3 is 12.3 Å². The Balaban J connectivity index is 3.44. The summed E-state index contributed by atoms with van der Waals surface area (Å²) >= 11 is 1.37. The lowest BCUT2D eigenvalue weighted by Gasteiger charge is -2.16. The van der Waals surface area contributed by atoms with Gasteiger partial charge in [0.05, 0.1) is 12.2 Å². The molecule has 0 aliphatic carbocycles. The van der Waals surface area contributed by atoms with Gasteiger partial charge < -0.3 is 9.47 Å². The number of carbonyl (C=O) groups is 1. The van der Waals surface area contributed by atoms with E-state index in [-0.39, 0.29) is 10.2 Å². The number of halogens is 6. The summed E-state index contributed by atoms with van der Waals surface area (Å²) in [5, 5.41) is 0. The van der Waals surface area contributed by atoms with Crippen LogP contribution in [0.25, 0.3) is 0 Å². The molecule has 0 amide bonds. The van der Waals surface area contributed by atoms with Crippen molar-refractivity contribution >= 4 is 28.6 Å². The van der Waals surface area contributed by atoms with E-state index in [0.717, 1.165) is 6.20 Å². The fraction of sp³-hybridized carbons (Fsp3) is 0.400. The Hall–Kier alpha value is -1.20. The van der Waals surface area contributed by atoms with Gasteiger partial charge in [0, 0.05) is 9.77 Å². The van der Waals surface area contributed by atoms with Crippen LogP contribution in [-0.2, 0) is 4.74 Å². The number of carbonyl (C=O) groups excluding carboxylic acids is 1. The first-order valence-corrected chi connectivity index (χ1v) is 6.14. The predicted molar refractivity (Wildman–Crippen MR) is 64.6 cm³/mol. The molecule has 1 aromatic rings. The normalized spacial score (nSPS) is 11.6. The minimum Gasteiger partial charge on any atom is -0.461 e. The lowest BCUT2D eigenvalue weighted by molar-refractivity contribution is -0.275. The van der Waals surface area contributed by atoms with Gasteiger partial charge in [-0.15, -0.1) is 13.2 Å². The van der Waals surface area contributed by atoms with Crippen LogP contribution in [-0.4, -0.2) is 23.9 Å². The molecule has 1 rings (SSSR count). The summed E-state index contributed by atoms with van der Waals surface area (Å²) in [7, 11) is 0. The Morgan fingerprint density at radius 1 is 1.45 bits per heavy atom. The maximum absolute atomic E-state index is 12.9. The Morgan fingerprint density at radius 3 is 2.50 bits per heavy atom. The molecule has 0 N–H and O–H groups in total. The van der Waals surface area contributed by atoms with E-state index >= 15 is 0 Å². The highest BCUT2D eigenvalue weighted by atomic mass is 127. The maximum Gasteiger partial charge on any atom is 0.573 e. The van der Waals surface area contributed by atoms with Crippen LogP contribution in [0.4, 0.5) is 22.0 Å². The molecule has 0 aliphatic heterocycles. The first-order chi connectivity index (χ1) is 9.17. The highest BCUT2D eigenvalue weighted by Crippen LogP contribution is 2.38. The molecule has 0 spiro atoms. The zero-order valence-electron chi connectivity index (χ0n) is 9.80. The summed E-state index contributed by atoms with van der Waals surface area (Å²) in [6.07, 6.45) is -7.66. The van der Waals surface area contributed by atoms with Crippen molar-refractivity contribution in [2.45, 2.75) is 19.7 Å². The lowest BCUT2D eigenvalue weighted by atomic mass is 10.2. The number of esters is 1. The molecule has 1 aromatic heterocycles. The van der Waals surface area contributed by atoms with E-state index in [0.29, 0.717) is 0 Å². The Bertz CT molecular complexity index is 506. The standard InChI is InChI=1S/C10H7F5INO3/c1-2-19-9(18)6-7(20-10(13,14)15)5(8(11)12)4(16)3-17-6/h3,8H,2H2,1H3. The van der Waals surface area contributed by atoms with Crippen LogP contribution in [0.1, 0.15) is 29.4 Å². The van der Waals surface area contributed by atoms with Crippen LogP contribution in [0.5, 0.6) is 5.75 Å². The fourth-order valence-electron chi connectivity index (χ4n) is 1.25. The van der Waals surface area contributed by atoms with Crippen LogP contribution in [0.3, 0.4) is 0 Å². The SMILES string of the molecule is CCOC(=O)c1ncc(I)c(C(F)F)c1OC(F)(F)F. The van der Waals surface area contributed by atoms with Gasteiger partial charge in [-0.1, -0.05) is 0 Å². The van der Waals surface area contributed by atoms with Crippen molar-refractivity contribution in [2.75, 3.05) is 6.61 Å². The number of alkyl halides is 5. The van der Waals surface area contributed by atoms with Gasteiger partial charge in [-0.25, -0.2) is 18.6 Å². The topological polar surface area (TPSA) is 48.4 Å². The molecule has 0 aliphatic rings. The first kappa shape index (κ1) is 16.9. The van der Waals surface area contributed by atoms with Crippen molar-refractivity contribution in [3.63, 3.8) is 0 Å². The van der Waals surface area contributed by atoms with Gasteiger partial charge in [-0.2, -0.15) is 0 Å². The summed E-state index contributed by atoms with van der Waals surface area (Å²) in [4.78, 5) is 14.8. The Labute approximate surface area is 123 Å². The van der Waals surface area contributed by atoms with Crippen LogP contribution < -0.4 is 4.74 Å². The van der Waals surface area contributed by atoms with E-state index in [2.05, 4.69) is 14.5 Å². The first-order valence-electron chi connectivity index (χ1n) is 5.06. The summed E-state index contributed by atoms with van der Waals surface area (Å²) in [5.41, 5.74) is -2.00. The molecule has 10 heteroatoms. The molecule has 0 saturated carbocycles. The van der Waals surface area contributed by atoms with E-state index < -0.39 is 35.8 Å². The zero-order chi connectivity index (χ0) is 15.5. The molecule has 0 aromatic carbocycles. The Morgan fingerprint density at radius 2 is 2.05 bits per heavy atom. The average Bonchev–Trinajstić information content (AvgIpc) is 2.26. The van der Waals surface area contributed by atoms with Gasteiger partial charge in [0.25, 0.3) is 6.43 Å². The van der Waals surface area contributed by atoms with Crippen molar-refractivity contribution in [1.29, 1.82) is 0 Å². The summed E-state index contributed by atoms with van der Waals surface area (Å²) < 4.78 is 70.3. The zero-order valence-corrected chi connectivity index (χ0v) is 12.0. The largest absolute Gasteiger partial charge is 0.573 e. The predicted octanol–water partition coefficient (Wildman–Crippen LogP) is 3.70. The highest BCUT2D eigenvalue weighted by Gasteiger charge is 2.37. The van der Waals surface area contributed by atoms with Crippen molar-refractivity contribution in [3.8, 4) is 5.75 Å². The Kier molecular flexibility index (Phi) is 5.48. The van der Waals surface area contributed by atoms with Gasteiger partial charge in [-0.05, 0) is 29.5 Å². The van der Waals surface area contributed by atoms with E-state index in [4.69, 9.17) is 0 Å². The highest BCUT2D eigenvalue weighted by molar-refractivity contribution is 14.1. The van der Waals surface area contributed by atoms with Crippen molar-refractivity contribution in [3.05, 3.63) is 21.0 Å². The number of hydrogen-bond donors (Lipinski definition) is 0. The number of nitrogens with zero attached hydrogens (tertiary/aromatic N) is 1. The second-order valence-electron chi connectivity index (χ2n) is 3.27. The van der Waals surface area contributed by atoms with Crippen molar-refractivity contribution in [2.24, 2.45) is 0 Å². The molecule has 0 bridgehead atoms. The number of ether oxygens (including phenoxy) is 2. The van der Waals surface area contributed by atoms with Crippen LogP contribution in [0.15, 0.2) is 6.20 Å². The molecule has 0 atom stereocenters. The number of aromatic nitrogens is 1. The molecular formula is C10H7F5INO3. The van der Waals surface area contributed by atoms with E-state index in [9.17, 15) is 26.7 Å². The minimum absolute atomic E-state index is 0.151. The third kappa shape index (κ3) is 4.15. The molecule has 0 fully saturated rings. The molecule has 4 nitrogen and oxygen atoms in total. The molecule has 0 saturated heterocycles. The summed E-state index contributed by atoms with van der Waals surface area (Å²) in [6, 6.07) is 0. The summed E-state index contributed by atoms with van der Waals surface area (Å²) in [5.74, 6) is -2.61. The van der Waals surface area contributed by atoms with E-state index in [1.165, 1.54) is 29.5 Å². The third-order valence-corrected chi connectivity index (χ3v) is 2.79. The molecule has 112 valence electrons. The number of rotatable bonds is 4. The maximum atomic E-state index is 12.9. The molecule has 0 unspecified atom stereocenters. The third-order valence-electron chi connectivity index (χ3n) is 1.93. The van der Waals surface area contributed by atoms with Crippen LogP contribution in [0, 0.1) is 3.57 Å². The quantitative estimate of drug-likeness (QED) is 0.431.